The minimum absolute atomic E-state index is 0.856. The molecule has 0 aromatic rings. The third-order valence-corrected chi connectivity index (χ3v) is 4.24. The molecular formula is C21H42O. The maximum atomic E-state index is 5.32. The summed E-state index contributed by atoms with van der Waals surface area (Å²) >= 11 is 0. The van der Waals surface area contributed by atoms with Crippen LogP contribution in [0.1, 0.15) is 117 Å². The molecule has 0 amide bonds. The number of allylic oxidation sites excluding steroid dienone is 1. The molecule has 0 rings (SSSR count). The molecule has 0 heterocycles. The predicted molar refractivity (Wildman–Crippen MR) is 100 cm³/mol. The van der Waals surface area contributed by atoms with Crippen LogP contribution < -0.4 is 0 Å². The topological polar surface area (TPSA) is 9.23 Å². The summed E-state index contributed by atoms with van der Waals surface area (Å²) in [4.78, 5) is 0. The van der Waals surface area contributed by atoms with Crippen molar-refractivity contribution in [3.05, 3.63) is 12.3 Å². The van der Waals surface area contributed by atoms with Gasteiger partial charge in [0, 0.05) is 0 Å². The number of rotatable bonds is 18. The average molecular weight is 311 g/mol. The first-order valence-electron chi connectivity index (χ1n) is 10.2. The van der Waals surface area contributed by atoms with Gasteiger partial charge in [0.25, 0.3) is 0 Å². The molecule has 0 aliphatic carbocycles. The molecule has 1 nitrogen and oxygen atoms in total. The zero-order valence-corrected chi connectivity index (χ0v) is 15.6. The van der Waals surface area contributed by atoms with E-state index in [9.17, 15) is 0 Å². The van der Waals surface area contributed by atoms with Crippen molar-refractivity contribution in [3.63, 3.8) is 0 Å². The van der Waals surface area contributed by atoms with Crippen LogP contribution >= 0.6 is 0 Å². The SMILES string of the molecule is CCCCCCCCCCCCCCCCC=COCCC. The van der Waals surface area contributed by atoms with Gasteiger partial charge in [-0.1, -0.05) is 97.3 Å². The van der Waals surface area contributed by atoms with Gasteiger partial charge in [0.15, 0.2) is 0 Å². The summed E-state index contributed by atoms with van der Waals surface area (Å²) < 4.78 is 5.32. The Hall–Kier alpha value is -0.460. The molecular weight excluding hydrogens is 268 g/mol. The summed E-state index contributed by atoms with van der Waals surface area (Å²) in [5.41, 5.74) is 0. The van der Waals surface area contributed by atoms with Gasteiger partial charge in [0.2, 0.25) is 0 Å². The van der Waals surface area contributed by atoms with E-state index in [2.05, 4.69) is 19.9 Å². The average Bonchev–Trinajstić information content (AvgIpc) is 2.54. The Bertz CT molecular complexity index is 210. The van der Waals surface area contributed by atoms with Crippen molar-refractivity contribution < 1.29 is 4.74 Å². The van der Waals surface area contributed by atoms with Crippen LogP contribution in [0.3, 0.4) is 0 Å². The summed E-state index contributed by atoms with van der Waals surface area (Å²) in [6.07, 6.45) is 26.4. The third kappa shape index (κ3) is 19.5. The minimum atomic E-state index is 0.856. The minimum Gasteiger partial charge on any atom is -0.502 e. The van der Waals surface area contributed by atoms with Crippen LogP contribution in [-0.2, 0) is 4.74 Å². The van der Waals surface area contributed by atoms with E-state index in [0.29, 0.717) is 0 Å². The monoisotopic (exact) mass is 310 g/mol. The molecule has 132 valence electrons. The van der Waals surface area contributed by atoms with E-state index in [-0.39, 0.29) is 0 Å². The highest BCUT2D eigenvalue weighted by Crippen LogP contribution is 2.13. The molecule has 0 unspecified atom stereocenters. The molecule has 0 aliphatic rings. The molecule has 0 aromatic carbocycles. The Kier molecular flexibility index (Phi) is 20.1. The number of unbranched alkanes of at least 4 members (excludes halogenated alkanes) is 14. The van der Waals surface area contributed by atoms with E-state index in [4.69, 9.17) is 4.74 Å². The van der Waals surface area contributed by atoms with Gasteiger partial charge in [-0.3, -0.25) is 0 Å². The molecule has 0 radical (unpaired) electrons. The van der Waals surface area contributed by atoms with Gasteiger partial charge < -0.3 is 4.74 Å². The highest BCUT2D eigenvalue weighted by atomic mass is 16.5. The number of hydrogen-bond acceptors (Lipinski definition) is 1. The molecule has 0 fully saturated rings. The summed E-state index contributed by atoms with van der Waals surface area (Å²) in [6, 6.07) is 0. The maximum absolute atomic E-state index is 5.32. The smallest absolute Gasteiger partial charge is 0.0870 e. The quantitative estimate of drug-likeness (QED) is 0.185. The van der Waals surface area contributed by atoms with Crippen LogP contribution in [0.5, 0.6) is 0 Å². The van der Waals surface area contributed by atoms with Crippen LogP contribution in [0.4, 0.5) is 0 Å². The van der Waals surface area contributed by atoms with Crippen molar-refractivity contribution in [3.8, 4) is 0 Å². The lowest BCUT2D eigenvalue weighted by Gasteiger charge is -2.02. The fourth-order valence-corrected chi connectivity index (χ4v) is 2.78. The van der Waals surface area contributed by atoms with Crippen molar-refractivity contribution in [1.82, 2.24) is 0 Å². The maximum Gasteiger partial charge on any atom is 0.0870 e. The highest BCUT2D eigenvalue weighted by Gasteiger charge is 1.93. The van der Waals surface area contributed by atoms with E-state index in [0.717, 1.165) is 13.0 Å². The molecule has 0 bridgehead atoms. The Labute approximate surface area is 140 Å². The first-order valence-corrected chi connectivity index (χ1v) is 10.2. The van der Waals surface area contributed by atoms with E-state index in [1.54, 1.807) is 0 Å². The van der Waals surface area contributed by atoms with Crippen LogP contribution in [-0.4, -0.2) is 6.61 Å². The molecule has 0 N–H and O–H groups in total. The molecule has 0 spiro atoms. The van der Waals surface area contributed by atoms with Gasteiger partial charge in [0.05, 0.1) is 12.9 Å². The molecule has 1 heteroatoms. The normalized spacial score (nSPS) is 11.4. The first kappa shape index (κ1) is 21.5. The largest absolute Gasteiger partial charge is 0.502 e. The van der Waals surface area contributed by atoms with Crippen LogP contribution in [0.15, 0.2) is 12.3 Å². The predicted octanol–water partition coefficient (Wildman–Crippen LogP) is 7.80. The van der Waals surface area contributed by atoms with Crippen molar-refractivity contribution in [2.45, 2.75) is 117 Å². The van der Waals surface area contributed by atoms with E-state index < -0.39 is 0 Å². The second-order valence-electron chi connectivity index (χ2n) is 6.63. The first-order chi connectivity index (χ1) is 10.9. The fraction of sp³-hybridized carbons (Fsp3) is 0.905. The zero-order valence-electron chi connectivity index (χ0n) is 15.6. The lowest BCUT2D eigenvalue weighted by molar-refractivity contribution is 0.248. The van der Waals surface area contributed by atoms with Gasteiger partial charge in [-0.15, -0.1) is 0 Å². The summed E-state index contributed by atoms with van der Waals surface area (Å²) in [5, 5.41) is 0. The second-order valence-corrected chi connectivity index (χ2v) is 6.63. The second kappa shape index (κ2) is 20.5. The van der Waals surface area contributed by atoms with Crippen molar-refractivity contribution in [1.29, 1.82) is 0 Å². The molecule has 0 saturated carbocycles. The highest BCUT2D eigenvalue weighted by molar-refractivity contribution is 4.73. The zero-order chi connectivity index (χ0) is 16.1. The van der Waals surface area contributed by atoms with E-state index in [1.807, 2.05) is 6.26 Å². The Balaban J connectivity index is 2.98. The standard InChI is InChI=1S/C21H42O/c1-3-5-6-7-8-9-10-11-12-13-14-15-16-17-18-19-21-22-20-4-2/h19,21H,3-18,20H2,1-2H3. The van der Waals surface area contributed by atoms with E-state index in [1.165, 1.54) is 96.3 Å². The molecule has 0 aromatic heterocycles. The molecule has 0 aliphatic heterocycles. The van der Waals surface area contributed by atoms with Gasteiger partial charge in [-0.2, -0.15) is 0 Å². The lowest BCUT2D eigenvalue weighted by atomic mass is 10.0. The number of ether oxygens (including phenoxy) is 1. The summed E-state index contributed by atoms with van der Waals surface area (Å²) in [7, 11) is 0. The molecule has 22 heavy (non-hydrogen) atoms. The Morgan fingerprint density at radius 2 is 1.00 bits per heavy atom. The van der Waals surface area contributed by atoms with Crippen molar-refractivity contribution in [2.75, 3.05) is 6.61 Å². The summed E-state index contributed by atoms with van der Waals surface area (Å²) in [5.74, 6) is 0. The van der Waals surface area contributed by atoms with Crippen LogP contribution in [0.25, 0.3) is 0 Å². The van der Waals surface area contributed by atoms with Crippen molar-refractivity contribution in [2.24, 2.45) is 0 Å². The Morgan fingerprint density at radius 3 is 1.45 bits per heavy atom. The van der Waals surface area contributed by atoms with E-state index >= 15 is 0 Å². The summed E-state index contributed by atoms with van der Waals surface area (Å²) in [6.45, 7) is 5.29. The van der Waals surface area contributed by atoms with Gasteiger partial charge in [-0.05, 0) is 25.3 Å². The molecule has 0 atom stereocenters. The van der Waals surface area contributed by atoms with Gasteiger partial charge >= 0.3 is 0 Å². The van der Waals surface area contributed by atoms with Crippen molar-refractivity contribution >= 4 is 0 Å². The Morgan fingerprint density at radius 1 is 0.545 bits per heavy atom. The van der Waals surface area contributed by atoms with Crippen LogP contribution in [0, 0.1) is 0 Å². The van der Waals surface area contributed by atoms with Gasteiger partial charge in [-0.25, -0.2) is 0 Å². The van der Waals surface area contributed by atoms with Gasteiger partial charge in [0.1, 0.15) is 0 Å². The fourth-order valence-electron chi connectivity index (χ4n) is 2.78. The molecule has 0 saturated heterocycles. The van der Waals surface area contributed by atoms with Crippen LogP contribution in [0.2, 0.25) is 0 Å². The lowest BCUT2D eigenvalue weighted by Crippen LogP contribution is -1.83. The number of hydrogen-bond donors (Lipinski definition) is 0. The third-order valence-electron chi connectivity index (χ3n) is 4.24.